The highest BCUT2D eigenvalue weighted by atomic mass is 35.5. The van der Waals surface area contributed by atoms with E-state index in [2.05, 4.69) is 28.1 Å². The highest BCUT2D eigenvalue weighted by molar-refractivity contribution is 6.32. The van der Waals surface area contributed by atoms with Gasteiger partial charge in [-0.05, 0) is 31.4 Å². The lowest BCUT2D eigenvalue weighted by atomic mass is 10.1. The molecule has 0 amide bonds. The van der Waals surface area contributed by atoms with E-state index in [1.165, 1.54) is 10.9 Å². The summed E-state index contributed by atoms with van der Waals surface area (Å²) in [6.45, 7) is 4.25. The van der Waals surface area contributed by atoms with Gasteiger partial charge in [-0.1, -0.05) is 23.7 Å². The number of imidazole rings is 1. The number of benzene rings is 1. The van der Waals surface area contributed by atoms with Gasteiger partial charge in [0, 0.05) is 13.0 Å². The molecule has 1 fully saturated rings. The first-order valence-corrected chi connectivity index (χ1v) is 10.3. The summed E-state index contributed by atoms with van der Waals surface area (Å²) < 4.78 is 13.9. The fourth-order valence-electron chi connectivity index (χ4n) is 4.10. The van der Waals surface area contributed by atoms with Crippen LogP contribution in [0.5, 0.6) is 0 Å². The first kappa shape index (κ1) is 19.7. The van der Waals surface area contributed by atoms with E-state index in [9.17, 15) is 10.1 Å². The molecule has 3 aromatic heterocycles. The number of hydrogen-bond acceptors (Lipinski definition) is 7. The lowest BCUT2D eigenvalue weighted by molar-refractivity contribution is 0.162. The molecule has 4 aromatic rings. The summed E-state index contributed by atoms with van der Waals surface area (Å²) in [5.41, 5.74) is 1.58. The van der Waals surface area contributed by atoms with Crippen LogP contribution in [0.15, 0.2) is 27.8 Å². The Labute approximate surface area is 181 Å². The molecule has 0 N–H and O–H groups in total. The van der Waals surface area contributed by atoms with E-state index >= 15 is 0 Å². The van der Waals surface area contributed by atoms with Crippen LogP contribution in [-0.4, -0.2) is 37.8 Å². The van der Waals surface area contributed by atoms with Gasteiger partial charge in [-0.15, -0.1) is 0 Å². The second-order valence-corrected chi connectivity index (χ2v) is 8.38. The molecule has 10 heteroatoms. The van der Waals surface area contributed by atoms with E-state index in [0.29, 0.717) is 34.1 Å². The van der Waals surface area contributed by atoms with Gasteiger partial charge in [0.2, 0.25) is 11.7 Å². The molecule has 0 saturated heterocycles. The third-order valence-electron chi connectivity index (χ3n) is 5.84. The maximum absolute atomic E-state index is 13.7. The second kappa shape index (κ2) is 7.18. The Morgan fingerprint density at radius 3 is 2.87 bits per heavy atom. The third-order valence-corrected chi connectivity index (χ3v) is 6.15. The van der Waals surface area contributed by atoms with Gasteiger partial charge in [-0.3, -0.25) is 13.8 Å². The third kappa shape index (κ3) is 2.94. The molecular weight excluding hydrogens is 420 g/mol. The van der Waals surface area contributed by atoms with Crippen molar-refractivity contribution in [2.24, 2.45) is 5.92 Å². The molecule has 5 rings (SSSR count). The molecule has 31 heavy (non-hydrogen) atoms. The molecule has 3 unspecified atom stereocenters. The standard InChI is InChI=1S/C21H19ClN6O3/c1-10-6-12(10)20-25-19(26-31-20)16-18-21(29)28(11(2)8-30-3)17-13(7-23)14(22)4-5-15(17)27(18)9-24-16/h4-5,9-12H,6,8H2,1-3H3. The van der Waals surface area contributed by atoms with Crippen molar-refractivity contribution < 1.29 is 9.26 Å². The first-order chi connectivity index (χ1) is 15.0. The Kier molecular flexibility index (Phi) is 4.57. The summed E-state index contributed by atoms with van der Waals surface area (Å²) >= 11 is 6.29. The van der Waals surface area contributed by atoms with Crippen LogP contribution in [0.4, 0.5) is 0 Å². The van der Waals surface area contributed by atoms with Gasteiger partial charge < -0.3 is 9.26 Å². The van der Waals surface area contributed by atoms with E-state index in [1.54, 1.807) is 23.6 Å². The van der Waals surface area contributed by atoms with Gasteiger partial charge in [0.1, 0.15) is 23.6 Å². The molecule has 1 aliphatic rings. The van der Waals surface area contributed by atoms with E-state index in [-0.39, 0.29) is 40.5 Å². The molecule has 0 aliphatic heterocycles. The molecule has 0 spiro atoms. The number of fused-ring (bicyclic) bond motifs is 3. The number of methoxy groups -OCH3 is 1. The number of nitrogens with zero attached hydrogens (tertiary/aromatic N) is 6. The van der Waals surface area contributed by atoms with Crippen LogP contribution in [0.1, 0.15) is 43.7 Å². The van der Waals surface area contributed by atoms with Crippen LogP contribution in [0.3, 0.4) is 0 Å². The van der Waals surface area contributed by atoms with Crippen molar-refractivity contribution in [2.45, 2.75) is 32.2 Å². The molecule has 158 valence electrons. The molecule has 9 nitrogen and oxygen atoms in total. The Balaban J connectivity index is 1.83. The summed E-state index contributed by atoms with van der Waals surface area (Å²) in [7, 11) is 1.56. The first-order valence-electron chi connectivity index (χ1n) is 9.93. The number of rotatable bonds is 5. The zero-order valence-electron chi connectivity index (χ0n) is 17.2. The van der Waals surface area contributed by atoms with Crippen LogP contribution in [-0.2, 0) is 4.74 Å². The molecule has 0 bridgehead atoms. The molecular formula is C21H19ClN6O3. The zero-order valence-corrected chi connectivity index (χ0v) is 17.9. The Bertz CT molecular complexity index is 1430. The Morgan fingerprint density at radius 1 is 1.42 bits per heavy atom. The van der Waals surface area contributed by atoms with Gasteiger partial charge in [-0.25, -0.2) is 4.98 Å². The van der Waals surface area contributed by atoms with E-state index in [1.807, 2.05) is 6.92 Å². The summed E-state index contributed by atoms with van der Waals surface area (Å²) in [6, 6.07) is 5.17. The Hall–Kier alpha value is -3.22. The van der Waals surface area contributed by atoms with Gasteiger partial charge in [0.15, 0.2) is 0 Å². The zero-order chi connectivity index (χ0) is 21.9. The molecule has 3 atom stereocenters. The topological polar surface area (TPSA) is 111 Å². The quantitative estimate of drug-likeness (QED) is 0.468. The van der Waals surface area contributed by atoms with Crippen molar-refractivity contribution in [3.63, 3.8) is 0 Å². The fraction of sp³-hybridized carbons (Fsp3) is 0.381. The predicted octanol–water partition coefficient (Wildman–Crippen LogP) is 3.56. The molecule has 1 aliphatic carbocycles. The summed E-state index contributed by atoms with van der Waals surface area (Å²) in [5, 5.41) is 14.1. The monoisotopic (exact) mass is 438 g/mol. The number of nitriles is 1. The summed E-state index contributed by atoms with van der Waals surface area (Å²) in [6.07, 6.45) is 2.54. The van der Waals surface area contributed by atoms with Crippen molar-refractivity contribution in [3.8, 4) is 17.6 Å². The lowest BCUT2D eigenvalue weighted by Gasteiger charge is -2.19. The predicted molar refractivity (Wildman–Crippen MR) is 113 cm³/mol. The number of hydrogen-bond donors (Lipinski definition) is 0. The number of halogens is 1. The van der Waals surface area contributed by atoms with E-state index < -0.39 is 0 Å². The van der Waals surface area contributed by atoms with Crippen LogP contribution >= 0.6 is 11.6 Å². The second-order valence-electron chi connectivity index (χ2n) is 7.97. The van der Waals surface area contributed by atoms with Crippen LogP contribution in [0.25, 0.3) is 28.1 Å². The average Bonchev–Trinajstić information content (AvgIpc) is 3.14. The van der Waals surface area contributed by atoms with Crippen molar-refractivity contribution >= 4 is 28.2 Å². The maximum Gasteiger partial charge on any atom is 0.278 e. The van der Waals surface area contributed by atoms with Gasteiger partial charge in [-0.2, -0.15) is 10.2 Å². The SMILES string of the molecule is COCC(C)n1c(=O)c2c(-c3noc(C4CC4C)n3)ncn2c2ccc(Cl)c(C#N)c21. The molecule has 3 heterocycles. The lowest BCUT2D eigenvalue weighted by Crippen LogP contribution is -2.28. The van der Waals surface area contributed by atoms with Crippen LogP contribution in [0, 0.1) is 17.2 Å². The van der Waals surface area contributed by atoms with Gasteiger partial charge in [0.05, 0.1) is 34.3 Å². The van der Waals surface area contributed by atoms with Crippen LogP contribution in [0.2, 0.25) is 5.02 Å². The van der Waals surface area contributed by atoms with Crippen molar-refractivity contribution in [2.75, 3.05) is 13.7 Å². The normalized spacial score (nSPS) is 19.1. The highest BCUT2D eigenvalue weighted by Gasteiger charge is 2.39. The molecule has 0 radical (unpaired) electrons. The highest BCUT2D eigenvalue weighted by Crippen LogP contribution is 2.46. The minimum absolute atomic E-state index is 0.223. The van der Waals surface area contributed by atoms with Crippen molar-refractivity contribution in [1.82, 2.24) is 24.1 Å². The summed E-state index contributed by atoms with van der Waals surface area (Å²) in [5.74, 6) is 1.61. The van der Waals surface area contributed by atoms with Crippen molar-refractivity contribution in [3.05, 3.63) is 45.3 Å². The smallest absolute Gasteiger partial charge is 0.278 e. The van der Waals surface area contributed by atoms with Gasteiger partial charge >= 0.3 is 0 Å². The number of aromatic nitrogens is 5. The average molecular weight is 439 g/mol. The largest absolute Gasteiger partial charge is 0.383 e. The van der Waals surface area contributed by atoms with Crippen LogP contribution < -0.4 is 5.56 Å². The van der Waals surface area contributed by atoms with Gasteiger partial charge in [0.25, 0.3) is 5.56 Å². The summed E-state index contributed by atoms with van der Waals surface area (Å²) in [4.78, 5) is 22.6. The van der Waals surface area contributed by atoms with E-state index in [0.717, 1.165) is 6.42 Å². The fourth-order valence-corrected chi connectivity index (χ4v) is 4.29. The number of ether oxygens (including phenoxy) is 1. The molecule has 1 saturated carbocycles. The molecule has 1 aromatic carbocycles. The van der Waals surface area contributed by atoms with Crippen molar-refractivity contribution in [1.29, 1.82) is 5.26 Å². The van der Waals surface area contributed by atoms with E-state index in [4.69, 9.17) is 20.9 Å². The minimum Gasteiger partial charge on any atom is -0.383 e. The Morgan fingerprint density at radius 2 is 2.19 bits per heavy atom. The minimum atomic E-state index is -0.355. The maximum atomic E-state index is 13.7.